The molecule has 0 heterocycles. The molecule has 0 radical (unpaired) electrons. The minimum Gasteiger partial charge on any atom is -0.289 e. The van der Waals surface area contributed by atoms with Gasteiger partial charge < -0.3 is 0 Å². The Kier molecular flexibility index (Phi) is 7.38. The molecule has 0 bridgehead atoms. The van der Waals surface area contributed by atoms with E-state index in [1.54, 1.807) is 6.07 Å². The van der Waals surface area contributed by atoms with Gasteiger partial charge in [0.15, 0.2) is 0 Å². The monoisotopic (exact) mass is 285 g/mol. The van der Waals surface area contributed by atoms with E-state index >= 15 is 0 Å². The molecule has 1 aromatic rings. The topological polar surface area (TPSA) is 23.9 Å². The molecule has 0 unspecified atom stereocenters. The van der Waals surface area contributed by atoms with Gasteiger partial charge in [0.2, 0.25) is 0 Å². The van der Waals surface area contributed by atoms with Crippen LogP contribution in [0.3, 0.4) is 0 Å². The zero-order chi connectivity index (χ0) is 13.4. The zero-order valence-electron chi connectivity index (χ0n) is 10.9. The van der Waals surface area contributed by atoms with E-state index in [1.165, 1.54) is 32.1 Å². The Hall–Kier alpha value is -0.530. The van der Waals surface area contributed by atoms with Gasteiger partial charge in [-0.25, -0.2) is 0 Å². The molecular formula is C15H21Cl2N. The third kappa shape index (κ3) is 5.41. The van der Waals surface area contributed by atoms with Crippen molar-refractivity contribution in [1.82, 2.24) is 0 Å². The summed E-state index contributed by atoms with van der Waals surface area (Å²) in [6, 6.07) is 5.56. The first-order chi connectivity index (χ1) is 8.65. The fourth-order valence-corrected chi connectivity index (χ4v) is 2.46. The molecule has 0 fully saturated rings. The molecule has 0 aromatic heterocycles. The molecule has 1 aromatic carbocycles. The molecule has 0 spiro atoms. The van der Waals surface area contributed by atoms with Crippen LogP contribution in [0, 0.1) is 5.41 Å². The number of benzene rings is 1. The maximum absolute atomic E-state index is 7.54. The fraction of sp³-hybridized carbons (Fsp3) is 0.533. The lowest BCUT2D eigenvalue weighted by Gasteiger charge is -2.08. The molecule has 0 aliphatic carbocycles. The van der Waals surface area contributed by atoms with Crippen molar-refractivity contribution >= 4 is 28.4 Å². The van der Waals surface area contributed by atoms with Gasteiger partial charge in [0.05, 0.1) is 0 Å². The maximum Gasteiger partial charge on any atom is 0.128 e. The SMILES string of the molecule is CCCCCCCCc1cc(Cl)ccc1C(=N)Cl. The average Bonchev–Trinajstić information content (AvgIpc) is 2.33. The Morgan fingerprint density at radius 3 is 2.44 bits per heavy atom. The number of nitrogens with one attached hydrogen (secondary N) is 1. The Labute approximate surface area is 120 Å². The summed E-state index contributed by atoms with van der Waals surface area (Å²) in [6.45, 7) is 2.23. The first-order valence-electron chi connectivity index (χ1n) is 6.68. The quantitative estimate of drug-likeness (QED) is 0.461. The van der Waals surface area contributed by atoms with Gasteiger partial charge >= 0.3 is 0 Å². The van der Waals surface area contributed by atoms with Crippen LogP contribution in [0.25, 0.3) is 0 Å². The van der Waals surface area contributed by atoms with Gasteiger partial charge in [0.1, 0.15) is 5.17 Å². The van der Waals surface area contributed by atoms with Gasteiger partial charge in [-0.05, 0) is 30.5 Å². The van der Waals surface area contributed by atoms with Crippen LogP contribution in [-0.4, -0.2) is 5.17 Å². The molecule has 0 saturated carbocycles. The van der Waals surface area contributed by atoms with Crippen molar-refractivity contribution in [2.75, 3.05) is 0 Å². The van der Waals surface area contributed by atoms with E-state index in [0.717, 1.165) is 29.0 Å². The first kappa shape index (κ1) is 15.5. The largest absolute Gasteiger partial charge is 0.289 e. The number of hydrogen-bond donors (Lipinski definition) is 1. The van der Waals surface area contributed by atoms with Crippen LogP contribution < -0.4 is 0 Å². The molecule has 0 aliphatic heterocycles. The Morgan fingerprint density at radius 1 is 1.11 bits per heavy atom. The minimum absolute atomic E-state index is 0.104. The van der Waals surface area contributed by atoms with Crippen molar-refractivity contribution in [2.24, 2.45) is 0 Å². The predicted octanol–water partition coefficient (Wildman–Crippen LogP) is 5.81. The third-order valence-corrected chi connectivity index (χ3v) is 3.54. The molecule has 0 atom stereocenters. The predicted molar refractivity (Wildman–Crippen MR) is 81.2 cm³/mol. The van der Waals surface area contributed by atoms with Crippen LogP contribution in [0.1, 0.15) is 56.6 Å². The van der Waals surface area contributed by atoms with Gasteiger partial charge in [-0.2, -0.15) is 0 Å². The van der Waals surface area contributed by atoms with Crippen LogP contribution in [0.5, 0.6) is 0 Å². The van der Waals surface area contributed by atoms with Crippen LogP contribution in [0.4, 0.5) is 0 Å². The fourth-order valence-electron chi connectivity index (χ4n) is 2.08. The van der Waals surface area contributed by atoms with E-state index in [9.17, 15) is 0 Å². The highest BCUT2D eigenvalue weighted by molar-refractivity contribution is 6.68. The molecule has 1 N–H and O–H groups in total. The zero-order valence-corrected chi connectivity index (χ0v) is 12.4. The van der Waals surface area contributed by atoms with E-state index in [2.05, 4.69) is 6.92 Å². The summed E-state index contributed by atoms with van der Waals surface area (Å²) in [5.74, 6) is 0. The summed E-state index contributed by atoms with van der Waals surface area (Å²) in [7, 11) is 0. The number of hydrogen-bond acceptors (Lipinski definition) is 1. The highest BCUT2D eigenvalue weighted by Gasteiger charge is 2.06. The second-order valence-electron chi connectivity index (χ2n) is 4.63. The van der Waals surface area contributed by atoms with Crippen molar-refractivity contribution in [2.45, 2.75) is 51.9 Å². The van der Waals surface area contributed by atoms with Crippen LogP contribution in [-0.2, 0) is 6.42 Å². The molecule has 0 amide bonds. The number of unbranched alkanes of at least 4 members (excludes halogenated alkanes) is 5. The lowest BCUT2D eigenvalue weighted by molar-refractivity contribution is 0.607. The molecule has 100 valence electrons. The van der Waals surface area contributed by atoms with Crippen molar-refractivity contribution in [3.8, 4) is 0 Å². The molecule has 0 aliphatic rings. The summed E-state index contributed by atoms with van der Waals surface area (Å²) in [4.78, 5) is 0. The van der Waals surface area contributed by atoms with Crippen LogP contribution in [0.2, 0.25) is 5.02 Å². The minimum atomic E-state index is 0.104. The molecular weight excluding hydrogens is 265 g/mol. The van der Waals surface area contributed by atoms with Gasteiger partial charge in [-0.15, -0.1) is 0 Å². The van der Waals surface area contributed by atoms with Crippen molar-refractivity contribution < 1.29 is 0 Å². The molecule has 1 nitrogen and oxygen atoms in total. The van der Waals surface area contributed by atoms with Gasteiger partial charge in [-0.1, -0.05) is 68.3 Å². The highest BCUT2D eigenvalue weighted by Crippen LogP contribution is 2.20. The summed E-state index contributed by atoms with van der Waals surface area (Å²) >= 11 is 11.8. The first-order valence-corrected chi connectivity index (χ1v) is 7.43. The summed E-state index contributed by atoms with van der Waals surface area (Å²) in [6.07, 6.45) is 8.56. The molecule has 18 heavy (non-hydrogen) atoms. The summed E-state index contributed by atoms with van der Waals surface area (Å²) in [5, 5.41) is 8.36. The normalized spacial score (nSPS) is 10.6. The molecule has 3 heteroatoms. The van der Waals surface area contributed by atoms with Crippen LogP contribution >= 0.6 is 23.2 Å². The second kappa shape index (κ2) is 8.55. The molecule has 0 saturated heterocycles. The smallest absolute Gasteiger partial charge is 0.128 e. The summed E-state index contributed by atoms with van der Waals surface area (Å²) < 4.78 is 0. The third-order valence-electron chi connectivity index (χ3n) is 3.10. The van der Waals surface area contributed by atoms with Crippen molar-refractivity contribution in [3.63, 3.8) is 0 Å². The Morgan fingerprint density at radius 2 is 1.78 bits per heavy atom. The number of halogens is 2. The van der Waals surface area contributed by atoms with E-state index in [-0.39, 0.29) is 5.17 Å². The lowest BCUT2D eigenvalue weighted by atomic mass is 10.0. The Balaban J connectivity index is 2.45. The second-order valence-corrected chi connectivity index (χ2v) is 5.45. The van der Waals surface area contributed by atoms with E-state index in [1.807, 2.05) is 12.1 Å². The summed E-state index contributed by atoms with van der Waals surface area (Å²) in [5.41, 5.74) is 1.91. The van der Waals surface area contributed by atoms with Gasteiger partial charge in [-0.3, -0.25) is 5.41 Å². The standard InChI is InChI=1S/C15H21Cl2N/c1-2-3-4-5-6-7-8-12-11-13(16)9-10-14(12)15(17)18/h9-11,18H,2-8H2,1H3. The maximum atomic E-state index is 7.54. The van der Waals surface area contributed by atoms with Crippen molar-refractivity contribution in [1.29, 1.82) is 5.41 Å². The number of rotatable bonds is 8. The van der Waals surface area contributed by atoms with E-state index < -0.39 is 0 Å². The van der Waals surface area contributed by atoms with Gasteiger partial charge in [0, 0.05) is 10.6 Å². The van der Waals surface area contributed by atoms with Gasteiger partial charge in [0.25, 0.3) is 0 Å². The number of aryl methyl sites for hydroxylation is 1. The van der Waals surface area contributed by atoms with Crippen LogP contribution in [0.15, 0.2) is 18.2 Å². The average molecular weight is 286 g/mol. The molecule has 1 rings (SSSR count). The van der Waals surface area contributed by atoms with Crippen molar-refractivity contribution in [3.05, 3.63) is 34.3 Å². The lowest BCUT2D eigenvalue weighted by Crippen LogP contribution is -1.98. The van der Waals surface area contributed by atoms with E-state index in [0.29, 0.717) is 0 Å². The highest BCUT2D eigenvalue weighted by atomic mass is 35.5. The Bertz CT molecular complexity index is 388. The van der Waals surface area contributed by atoms with E-state index in [4.69, 9.17) is 28.6 Å².